The Balaban J connectivity index is 4.18. The highest BCUT2D eigenvalue weighted by Gasteiger charge is 1.89. The maximum Gasteiger partial charge on any atom is 0.127 e. The molecule has 56 valence electrons. The molecule has 2 nitrogen and oxygen atoms in total. The highest BCUT2D eigenvalue weighted by molar-refractivity contribution is 5.29. The van der Waals surface area contributed by atoms with Gasteiger partial charge in [0, 0.05) is 14.1 Å². The monoisotopic (exact) mass is 138 g/mol. The Morgan fingerprint density at radius 1 is 1.50 bits per heavy atom. The molecule has 0 aliphatic rings. The van der Waals surface area contributed by atoms with Crippen LogP contribution in [0.2, 0.25) is 0 Å². The standard InChI is InChI=1S/C8H14N2/c1-5-6-7-8(9-2)10(3)4/h5-7H,2H2,1,3-4H3. The van der Waals surface area contributed by atoms with E-state index in [1.54, 1.807) is 0 Å². The molecule has 0 N–H and O–H groups in total. The van der Waals surface area contributed by atoms with E-state index in [-0.39, 0.29) is 0 Å². The lowest BCUT2D eigenvalue weighted by atomic mass is 10.4. The summed E-state index contributed by atoms with van der Waals surface area (Å²) >= 11 is 0. The van der Waals surface area contributed by atoms with Crippen LogP contribution in [0.4, 0.5) is 0 Å². The van der Waals surface area contributed by atoms with Crippen molar-refractivity contribution in [2.75, 3.05) is 14.1 Å². The van der Waals surface area contributed by atoms with E-state index in [1.807, 2.05) is 44.1 Å². The molecule has 0 aliphatic carbocycles. The van der Waals surface area contributed by atoms with Crippen molar-refractivity contribution in [3.8, 4) is 0 Å². The zero-order chi connectivity index (χ0) is 7.98. The summed E-state index contributed by atoms with van der Waals surface area (Å²) in [5.41, 5.74) is 0. The van der Waals surface area contributed by atoms with Crippen LogP contribution in [0.25, 0.3) is 0 Å². The maximum absolute atomic E-state index is 3.81. The van der Waals surface area contributed by atoms with Gasteiger partial charge >= 0.3 is 0 Å². The molecular formula is C8H14N2. The molecule has 0 saturated heterocycles. The van der Waals surface area contributed by atoms with E-state index in [2.05, 4.69) is 11.7 Å². The summed E-state index contributed by atoms with van der Waals surface area (Å²) in [6, 6.07) is 0. The van der Waals surface area contributed by atoms with E-state index >= 15 is 0 Å². The topological polar surface area (TPSA) is 15.6 Å². The van der Waals surface area contributed by atoms with E-state index in [1.165, 1.54) is 0 Å². The highest BCUT2D eigenvalue weighted by Crippen LogP contribution is 1.98. The lowest BCUT2D eigenvalue weighted by molar-refractivity contribution is 0.508. The third kappa shape index (κ3) is 3.07. The van der Waals surface area contributed by atoms with Crippen molar-refractivity contribution in [2.45, 2.75) is 6.92 Å². The fraction of sp³-hybridized carbons (Fsp3) is 0.375. The van der Waals surface area contributed by atoms with E-state index in [0.717, 1.165) is 5.82 Å². The lowest BCUT2D eigenvalue weighted by Crippen LogP contribution is -2.08. The molecule has 0 aliphatic heterocycles. The van der Waals surface area contributed by atoms with Crippen molar-refractivity contribution in [1.82, 2.24) is 4.90 Å². The molecule has 0 aromatic rings. The van der Waals surface area contributed by atoms with Crippen LogP contribution in [-0.2, 0) is 0 Å². The van der Waals surface area contributed by atoms with Gasteiger partial charge in [-0.2, -0.15) is 0 Å². The van der Waals surface area contributed by atoms with Gasteiger partial charge in [-0.25, -0.2) is 4.99 Å². The minimum Gasteiger partial charge on any atom is -0.363 e. The molecule has 0 heterocycles. The molecule has 2 heteroatoms. The summed E-state index contributed by atoms with van der Waals surface area (Å²) in [4.78, 5) is 5.72. The summed E-state index contributed by atoms with van der Waals surface area (Å²) < 4.78 is 0. The van der Waals surface area contributed by atoms with Crippen LogP contribution < -0.4 is 0 Å². The molecule has 0 unspecified atom stereocenters. The highest BCUT2D eigenvalue weighted by atomic mass is 15.2. The van der Waals surface area contributed by atoms with E-state index in [0.29, 0.717) is 0 Å². The second kappa shape index (κ2) is 4.79. The number of hydrogen-bond acceptors (Lipinski definition) is 2. The van der Waals surface area contributed by atoms with Gasteiger partial charge in [-0.3, -0.25) is 0 Å². The minimum absolute atomic E-state index is 0.873. The average Bonchev–Trinajstić information content (AvgIpc) is 1.89. The zero-order valence-corrected chi connectivity index (χ0v) is 6.83. The molecule has 0 radical (unpaired) electrons. The van der Waals surface area contributed by atoms with Gasteiger partial charge in [-0.15, -0.1) is 0 Å². The minimum atomic E-state index is 0.873. The molecule has 0 spiro atoms. The third-order valence-corrected chi connectivity index (χ3v) is 1.06. The first kappa shape index (κ1) is 8.95. The Morgan fingerprint density at radius 3 is 2.40 bits per heavy atom. The van der Waals surface area contributed by atoms with Crippen LogP contribution in [0, 0.1) is 0 Å². The second-order valence-corrected chi connectivity index (χ2v) is 2.10. The Hall–Kier alpha value is -1.05. The Bertz CT molecular complexity index is 155. The second-order valence-electron chi connectivity index (χ2n) is 2.10. The summed E-state index contributed by atoms with van der Waals surface area (Å²) in [5, 5.41) is 0. The van der Waals surface area contributed by atoms with Crippen molar-refractivity contribution in [3.05, 3.63) is 24.0 Å². The van der Waals surface area contributed by atoms with Gasteiger partial charge in [-0.05, 0) is 19.7 Å². The predicted octanol–water partition coefficient (Wildman–Crippen LogP) is 1.67. The average molecular weight is 138 g/mol. The summed E-state index contributed by atoms with van der Waals surface area (Å²) in [6.07, 6.45) is 5.80. The van der Waals surface area contributed by atoms with Crippen LogP contribution >= 0.6 is 0 Å². The summed E-state index contributed by atoms with van der Waals surface area (Å²) in [5.74, 6) is 0.873. The number of allylic oxidation sites excluding steroid dienone is 3. The molecule has 0 bridgehead atoms. The van der Waals surface area contributed by atoms with Gasteiger partial charge in [0.2, 0.25) is 0 Å². The number of hydrogen-bond donors (Lipinski definition) is 0. The number of nitrogens with zero attached hydrogens (tertiary/aromatic N) is 2. The van der Waals surface area contributed by atoms with Crippen molar-refractivity contribution >= 4 is 6.72 Å². The molecule has 0 aromatic carbocycles. The van der Waals surface area contributed by atoms with Gasteiger partial charge in [0.25, 0.3) is 0 Å². The zero-order valence-electron chi connectivity index (χ0n) is 6.83. The smallest absolute Gasteiger partial charge is 0.127 e. The van der Waals surface area contributed by atoms with Crippen LogP contribution in [-0.4, -0.2) is 25.7 Å². The Labute approximate surface area is 62.6 Å². The molecule has 10 heavy (non-hydrogen) atoms. The van der Waals surface area contributed by atoms with Gasteiger partial charge in [0.1, 0.15) is 5.82 Å². The van der Waals surface area contributed by atoms with Gasteiger partial charge < -0.3 is 4.90 Å². The summed E-state index contributed by atoms with van der Waals surface area (Å²) in [7, 11) is 3.87. The fourth-order valence-electron chi connectivity index (χ4n) is 0.525. The summed E-state index contributed by atoms with van der Waals surface area (Å²) in [6.45, 7) is 5.41. The Morgan fingerprint density at radius 2 is 2.10 bits per heavy atom. The van der Waals surface area contributed by atoms with Gasteiger partial charge in [-0.1, -0.05) is 12.2 Å². The molecule has 0 rings (SSSR count). The van der Waals surface area contributed by atoms with E-state index < -0.39 is 0 Å². The van der Waals surface area contributed by atoms with Crippen molar-refractivity contribution in [3.63, 3.8) is 0 Å². The van der Waals surface area contributed by atoms with E-state index in [9.17, 15) is 0 Å². The van der Waals surface area contributed by atoms with Gasteiger partial charge in [0.15, 0.2) is 0 Å². The van der Waals surface area contributed by atoms with Crippen LogP contribution in [0.5, 0.6) is 0 Å². The first-order valence-electron chi connectivity index (χ1n) is 3.19. The number of aliphatic imine (C=N–C) groups is 1. The maximum atomic E-state index is 3.81. The lowest BCUT2D eigenvalue weighted by Gasteiger charge is -2.10. The Kier molecular flexibility index (Phi) is 4.29. The first-order valence-corrected chi connectivity index (χ1v) is 3.19. The molecule has 0 aromatic heterocycles. The fourth-order valence-corrected chi connectivity index (χ4v) is 0.525. The van der Waals surface area contributed by atoms with Gasteiger partial charge in [0.05, 0.1) is 0 Å². The quantitative estimate of drug-likeness (QED) is 0.428. The molecule has 0 atom stereocenters. The van der Waals surface area contributed by atoms with Crippen LogP contribution in [0.15, 0.2) is 29.0 Å². The largest absolute Gasteiger partial charge is 0.363 e. The van der Waals surface area contributed by atoms with E-state index in [4.69, 9.17) is 0 Å². The first-order chi connectivity index (χ1) is 4.72. The van der Waals surface area contributed by atoms with Crippen LogP contribution in [0.3, 0.4) is 0 Å². The SMILES string of the molecule is C=NC(=CC=CC)N(C)C. The van der Waals surface area contributed by atoms with Crippen molar-refractivity contribution in [1.29, 1.82) is 0 Å². The molecule has 0 fully saturated rings. The number of rotatable bonds is 3. The van der Waals surface area contributed by atoms with Crippen molar-refractivity contribution < 1.29 is 0 Å². The predicted molar refractivity (Wildman–Crippen MR) is 46.1 cm³/mol. The third-order valence-electron chi connectivity index (χ3n) is 1.06. The molecule has 0 saturated carbocycles. The molecule has 0 amide bonds. The normalized spacial score (nSPS) is 12.1. The molecular weight excluding hydrogens is 124 g/mol. The van der Waals surface area contributed by atoms with Crippen LogP contribution in [0.1, 0.15) is 6.92 Å². The van der Waals surface area contributed by atoms with Crippen molar-refractivity contribution in [2.24, 2.45) is 4.99 Å².